The lowest BCUT2D eigenvalue weighted by atomic mass is 9.43. The summed E-state index contributed by atoms with van der Waals surface area (Å²) in [6.45, 7) is 19.3. The fraction of sp³-hybridized carbons (Fsp3) is 0.732. The van der Waals surface area contributed by atoms with Gasteiger partial charge in [-0.25, -0.2) is 14.4 Å². The van der Waals surface area contributed by atoms with Crippen LogP contribution >= 0.6 is 0 Å². The van der Waals surface area contributed by atoms with Gasteiger partial charge in [-0.15, -0.1) is 0 Å². The lowest BCUT2D eigenvalue weighted by Crippen LogP contribution is -2.65. The number of hydrogen-bond acceptors (Lipinski definition) is 10. The maximum absolute atomic E-state index is 13.2. The predicted octanol–water partition coefficient (Wildman–Crippen LogP) is 12.0. The highest BCUT2D eigenvalue weighted by molar-refractivity contribution is 6.48. The topological polar surface area (TPSA) is 143 Å². The maximum atomic E-state index is 13.2. The number of halogens is 6. The minimum absolute atomic E-state index is 0.0597. The van der Waals surface area contributed by atoms with Crippen LogP contribution < -0.4 is 10.6 Å². The number of carbonyl (C=O) groups excluding carboxylic acids is 3. The Kier molecular flexibility index (Phi) is 15.9. The first-order chi connectivity index (χ1) is 35.9. The molecule has 7 aliphatic carbocycles. The Bertz CT molecular complexity index is 2440. The van der Waals surface area contributed by atoms with Crippen molar-refractivity contribution in [2.24, 2.45) is 34.5 Å². The standard InChI is InChI=1S/C30H42BF3N2O6.C26H35BF3NO4/c1-27(2,3)40-26(38)36-13-7-8-21(17-36)39-25(37)35-24(14-18-9-11-19(12-10-18)30(32,33)34)31-41-23-16-20-15-22(28(20,4)5)29(23,6)42-31;1-24(2)18-14-20(24)25(3)21(15-18)34-27(35-25)22(31-23(32)33-19-7-5-4-6-8-19)13-16-9-11-17(12-10-16)26(28,29)30/h9-12,20-24H,7-8,13-17H2,1-6H3,(H,35,37);9-12,18-22H,4-8,13-15H2,1-3H3,(H,31,32)/t20-,21-,22-,23+,24-,29-;18-,20-,21+,22-,25-/m00/s1. The van der Waals surface area contributed by atoms with Gasteiger partial charge in [-0.2, -0.15) is 26.3 Å². The van der Waals surface area contributed by atoms with Gasteiger partial charge in [-0.1, -0.05) is 58.4 Å². The molecule has 13 nitrogen and oxygen atoms in total. The number of piperidine rings is 1. The average molecular weight is 1090 g/mol. The summed E-state index contributed by atoms with van der Waals surface area (Å²) in [5.41, 5.74) is -1.48. The molecule has 3 heterocycles. The summed E-state index contributed by atoms with van der Waals surface area (Å²) in [6.07, 6.45) is -0.745. The molecular formula is C56H77B2F6N3O10. The van der Waals surface area contributed by atoms with E-state index in [4.69, 9.17) is 32.8 Å². The van der Waals surface area contributed by atoms with Crippen LogP contribution in [0, 0.1) is 34.5 Å². The first kappa shape index (κ1) is 57.5. The number of carbonyl (C=O) groups is 3. The second-order valence-corrected chi connectivity index (χ2v) is 25.7. The highest BCUT2D eigenvalue weighted by Crippen LogP contribution is 2.67. The summed E-state index contributed by atoms with van der Waals surface area (Å²) < 4.78 is 121. The molecule has 7 saturated carbocycles. The van der Waals surface area contributed by atoms with E-state index in [-0.39, 0.29) is 48.5 Å². The number of likely N-dealkylation sites (tertiary alicyclic amines) is 1. The summed E-state index contributed by atoms with van der Waals surface area (Å²) in [6, 6.07) is 9.93. The number of rotatable bonds is 10. The zero-order valence-electron chi connectivity index (χ0n) is 46.0. The fourth-order valence-corrected chi connectivity index (χ4v) is 14.1. The SMILES string of the molecule is CC(C)(C)OC(=O)N1CCC[C@H](OC(=O)N[C@@H](Cc2ccc(C(F)(F)F)cc2)B2O[C@@H]3C[C@@H]4C[C@@H](C4(C)C)[C@]3(C)O2)C1.CC1(C)[C@@H]2C[C@H]3OB([C@H](Cc4ccc(C(F)(F)F)cc4)NC(=O)OC4CCCCC4)O[C@@]3(C)[C@H]1C2. The minimum atomic E-state index is -4.44. The zero-order chi connectivity index (χ0) is 55.7. The van der Waals surface area contributed by atoms with Crippen molar-refractivity contribution >= 4 is 32.5 Å². The molecule has 3 saturated heterocycles. The number of benzene rings is 2. The largest absolute Gasteiger partial charge is 0.482 e. The molecule has 12 rings (SSSR count). The van der Waals surface area contributed by atoms with E-state index in [0.29, 0.717) is 54.2 Å². The molecule has 2 aromatic rings. The second kappa shape index (κ2) is 21.4. The molecule has 2 N–H and O–H groups in total. The molecule has 3 amide bonds. The van der Waals surface area contributed by atoms with Gasteiger partial charge in [-0.3, -0.25) is 0 Å². The molecule has 10 fully saturated rings. The molecule has 0 aromatic heterocycles. The molecule has 21 heteroatoms. The van der Waals surface area contributed by atoms with Gasteiger partial charge >= 0.3 is 44.9 Å². The Balaban J connectivity index is 0.000000191. The van der Waals surface area contributed by atoms with E-state index in [9.17, 15) is 40.7 Å². The van der Waals surface area contributed by atoms with E-state index in [2.05, 4.69) is 52.2 Å². The van der Waals surface area contributed by atoms with Crippen LogP contribution in [0.25, 0.3) is 0 Å². The number of alkyl halides is 6. The highest BCUT2D eigenvalue weighted by atomic mass is 19.4. The van der Waals surface area contributed by atoms with Gasteiger partial charge in [0.25, 0.3) is 0 Å². The molecule has 3 aliphatic heterocycles. The summed E-state index contributed by atoms with van der Waals surface area (Å²) in [4.78, 5) is 40.1. The lowest BCUT2D eigenvalue weighted by molar-refractivity contribution is -0.199. The van der Waals surface area contributed by atoms with Crippen molar-refractivity contribution in [3.05, 3.63) is 70.8 Å². The molecular weight excluding hydrogens is 1010 g/mol. The van der Waals surface area contributed by atoms with Gasteiger partial charge in [0.15, 0.2) is 0 Å². The van der Waals surface area contributed by atoms with E-state index < -0.39 is 90.8 Å². The number of alkyl carbamates (subject to hydrolysis) is 2. The van der Waals surface area contributed by atoms with Crippen LogP contribution in [0.4, 0.5) is 40.7 Å². The molecule has 77 heavy (non-hydrogen) atoms. The molecule has 2 aromatic carbocycles. The van der Waals surface area contributed by atoms with Crippen molar-refractivity contribution in [2.45, 2.75) is 211 Å². The summed E-state index contributed by atoms with van der Waals surface area (Å²) in [7, 11) is -1.49. The number of nitrogens with zero attached hydrogens (tertiary/aromatic N) is 1. The van der Waals surface area contributed by atoms with Gasteiger partial charge in [0.05, 0.1) is 53.0 Å². The third-order valence-corrected chi connectivity index (χ3v) is 18.8. The van der Waals surface area contributed by atoms with Crippen LogP contribution in [0.5, 0.6) is 0 Å². The molecule has 4 bridgehead atoms. The van der Waals surface area contributed by atoms with Crippen molar-refractivity contribution in [3.63, 3.8) is 0 Å². The summed E-state index contributed by atoms with van der Waals surface area (Å²) >= 11 is 0. The normalized spacial score (nSPS) is 31.9. The van der Waals surface area contributed by atoms with E-state index in [1.54, 1.807) is 20.8 Å². The van der Waals surface area contributed by atoms with Crippen LogP contribution in [-0.4, -0.2) is 104 Å². The molecule has 11 atom stereocenters. The fourth-order valence-electron chi connectivity index (χ4n) is 14.1. The van der Waals surface area contributed by atoms with Crippen molar-refractivity contribution in [2.75, 3.05) is 13.1 Å². The number of hydrogen-bond donors (Lipinski definition) is 2. The van der Waals surface area contributed by atoms with Gasteiger partial charge in [-0.05, 0) is 182 Å². The predicted molar refractivity (Wildman–Crippen MR) is 275 cm³/mol. The third-order valence-electron chi connectivity index (χ3n) is 18.8. The van der Waals surface area contributed by atoms with Crippen molar-refractivity contribution in [3.8, 4) is 0 Å². The van der Waals surface area contributed by atoms with Crippen LogP contribution in [-0.2, 0) is 58.0 Å². The zero-order valence-corrected chi connectivity index (χ0v) is 46.0. The number of nitrogens with one attached hydrogen (secondary N) is 2. The second-order valence-electron chi connectivity index (χ2n) is 25.7. The Hall–Kier alpha value is -4.20. The van der Waals surface area contributed by atoms with Crippen LogP contribution in [0.1, 0.15) is 155 Å². The van der Waals surface area contributed by atoms with Crippen LogP contribution in [0.2, 0.25) is 0 Å². The van der Waals surface area contributed by atoms with Crippen molar-refractivity contribution < 1.29 is 73.6 Å². The maximum Gasteiger partial charge on any atom is 0.482 e. The van der Waals surface area contributed by atoms with Crippen LogP contribution in [0.15, 0.2) is 48.5 Å². The highest BCUT2D eigenvalue weighted by Gasteiger charge is 2.70. The Labute approximate surface area is 449 Å². The van der Waals surface area contributed by atoms with E-state index >= 15 is 0 Å². The summed E-state index contributed by atoms with van der Waals surface area (Å²) in [5.74, 6) is 0.509. The molecule has 10 aliphatic rings. The Morgan fingerprint density at radius 3 is 1.44 bits per heavy atom. The number of amides is 3. The lowest BCUT2D eigenvalue weighted by Gasteiger charge is -2.64. The van der Waals surface area contributed by atoms with Gasteiger partial charge < -0.3 is 48.4 Å². The minimum Gasteiger partial charge on any atom is -0.446 e. The van der Waals surface area contributed by atoms with Gasteiger partial charge in [0, 0.05) is 6.54 Å². The monoisotopic (exact) mass is 1090 g/mol. The third kappa shape index (κ3) is 12.3. The molecule has 0 radical (unpaired) electrons. The van der Waals surface area contributed by atoms with E-state index in [1.165, 1.54) is 29.2 Å². The smallest absolute Gasteiger partial charge is 0.446 e. The van der Waals surface area contributed by atoms with E-state index in [1.807, 2.05) is 0 Å². The van der Waals surface area contributed by atoms with E-state index in [0.717, 1.165) is 82.1 Å². The Morgan fingerprint density at radius 1 is 0.623 bits per heavy atom. The van der Waals surface area contributed by atoms with Crippen molar-refractivity contribution in [1.29, 1.82) is 0 Å². The first-order valence-electron chi connectivity index (χ1n) is 27.8. The quantitative estimate of drug-likeness (QED) is 0.134. The Morgan fingerprint density at radius 2 is 1.04 bits per heavy atom. The van der Waals surface area contributed by atoms with Crippen LogP contribution in [0.3, 0.4) is 0 Å². The first-order valence-corrected chi connectivity index (χ1v) is 27.8. The molecule has 0 spiro atoms. The van der Waals surface area contributed by atoms with Gasteiger partial charge in [0.1, 0.15) is 17.8 Å². The average Bonchev–Trinajstić information content (AvgIpc) is 4.13. The van der Waals surface area contributed by atoms with Crippen molar-refractivity contribution in [1.82, 2.24) is 15.5 Å². The van der Waals surface area contributed by atoms with Gasteiger partial charge in [0.2, 0.25) is 0 Å². The number of ether oxygens (including phenoxy) is 3. The molecule has 0 unspecified atom stereocenters. The molecule has 424 valence electrons. The summed E-state index contributed by atoms with van der Waals surface area (Å²) in [5, 5.41) is 5.83.